The lowest BCUT2D eigenvalue weighted by Crippen LogP contribution is -2.42. The van der Waals surface area contributed by atoms with Crippen LogP contribution in [0.5, 0.6) is 0 Å². The third-order valence-electron chi connectivity index (χ3n) is 7.25. The Morgan fingerprint density at radius 3 is 2.65 bits per heavy atom. The molecule has 0 bridgehead atoms. The molecule has 3 atom stereocenters. The Hall–Kier alpha value is -3.99. The van der Waals surface area contributed by atoms with E-state index in [-0.39, 0.29) is 28.4 Å². The Balaban J connectivity index is 1.36. The molecule has 0 unspecified atom stereocenters. The van der Waals surface area contributed by atoms with Crippen molar-refractivity contribution in [2.75, 3.05) is 5.32 Å². The second-order valence-corrected chi connectivity index (χ2v) is 12.0. The first-order valence-corrected chi connectivity index (χ1v) is 13.9. The molecule has 7 nitrogen and oxygen atoms in total. The van der Waals surface area contributed by atoms with Gasteiger partial charge in [0.1, 0.15) is 11.4 Å². The molecule has 5 rings (SSSR count). The average molecular weight is 543 g/mol. The van der Waals surface area contributed by atoms with Crippen molar-refractivity contribution in [3.8, 4) is 11.8 Å². The fourth-order valence-electron chi connectivity index (χ4n) is 5.36. The van der Waals surface area contributed by atoms with Crippen LogP contribution in [0.1, 0.15) is 87.2 Å². The van der Waals surface area contributed by atoms with Gasteiger partial charge in [0.15, 0.2) is 0 Å². The van der Waals surface area contributed by atoms with Crippen molar-refractivity contribution in [1.29, 1.82) is 0 Å². The van der Waals surface area contributed by atoms with E-state index < -0.39 is 23.4 Å². The van der Waals surface area contributed by atoms with Gasteiger partial charge in [0.25, 0.3) is 5.91 Å². The predicted octanol–water partition coefficient (Wildman–Crippen LogP) is 6.58. The Kier molecular flexibility index (Phi) is 7.75. The molecule has 2 amide bonds. The Morgan fingerprint density at radius 1 is 1.10 bits per heavy atom. The largest absolute Gasteiger partial charge is 0.444 e. The van der Waals surface area contributed by atoms with Crippen LogP contribution in [0.3, 0.4) is 0 Å². The lowest BCUT2D eigenvalue weighted by Gasteiger charge is -2.35. The molecule has 8 heteroatoms. The maximum atomic E-state index is 14.7. The maximum absolute atomic E-state index is 14.7. The third kappa shape index (κ3) is 6.77. The molecule has 0 aliphatic heterocycles. The second kappa shape index (κ2) is 11.2. The number of hydrogen-bond acceptors (Lipinski definition) is 5. The van der Waals surface area contributed by atoms with Gasteiger partial charge in [0, 0.05) is 35.3 Å². The number of hydrogen-bond donors (Lipinski definition) is 2. The number of aromatic nitrogens is 2. The number of rotatable bonds is 4. The van der Waals surface area contributed by atoms with Gasteiger partial charge in [0.2, 0.25) is 0 Å². The van der Waals surface area contributed by atoms with E-state index in [4.69, 9.17) is 4.74 Å². The maximum Gasteiger partial charge on any atom is 0.407 e. The van der Waals surface area contributed by atoms with Gasteiger partial charge in [-0.05, 0) is 94.5 Å². The van der Waals surface area contributed by atoms with E-state index in [0.29, 0.717) is 29.5 Å². The Labute approximate surface area is 234 Å². The number of carbonyl (C=O) groups is 2. The summed E-state index contributed by atoms with van der Waals surface area (Å²) in [6.45, 7) is 7.68. The van der Waals surface area contributed by atoms with Crippen molar-refractivity contribution in [2.45, 2.75) is 77.4 Å². The summed E-state index contributed by atoms with van der Waals surface area (Å²) in [6.07, 6.45) is 9.17. The molecule has 0 spiro atoms. The molecule has 0 radical (unpaired) electrons. The number of nitrogens with one attached hydrogen (secondary N) is 2. The predicted molar refractivity (Wildman–Crippen MR) is 152 cm³/mol. The molecule has 2 aliphatic carbocycles. The van der Waals surface area contributed by atoms with E-state index in [1.807, 2.05) is 26.8 Å². The summed E-state index contributed by atoms with van der Waals surface area (Å²) >= 11 is 0. The summed E-state index contributed by atoms with van der Waals surface area (Å²) in [4.78, 5) is 34.6. The van der Waals surface area contributed by atoms with Crippen molar-refractivity contribution in [3.63, 3.8) is 0 Å². The number of halogens is 1. The van der Waals surface area contributed by atoms with E-state index in [9.17, 15) is 14.0 Å². The van der Waals surface area contributed by atoms with Crippen LogP contribution in [0, 0.1) is 29.5 Å². The second-order valence-electron chi connectivity index (χ2n) is 12.0. The summed E-state index contributed by atoms with van der Waals surface area (Å²) in [5, 5.41) is 6.28. The fourth-order valence-corrected chi connectivity index (χ4v) is 5.36. The molecule has 2 saturated carbocycles. The number of amides is 2. The van der Waals surface area contributed by atoms with E-state index in [1.165, 1.54) is 12.1 Å². The quantitative estimate of drug-likeness (QED) is 0.363. The zero-order chi connectivity index (χ0) is 28.4. The zero-order valence-corrected chi connectivity index (χ0v) is 23.4. The average Bonchev–Trinajstić information content (AvgIpc) is 3.71. The first-order valence-electron chi connectivity index (χ1n) is 13.9. The van der Waals surface area contributed by atoms with Gasteiger partial charge >= 0.3 is 6.09 Å². The molecule has 2 fully saturated rings. The van der Waals surface area contributed by atoms with E-state index in [2.05, 4.69) is 39.4 Å². The monoisotopic (exact) mass is 542 g/mol. The van der Waals surface area contributed by atoms with Crippen LogP contribution in [-0.2, 0) is 4.74 Å². The highest BCUT2D eigenvalue weighted by atomic mass is 19.1. The lowest BCUT2D eigenvalue weighted by atomic mass is 9.76. The minimum atomic E-state index is -0.572. The van der Waals surface area contributed by atoms with Crippen molar-refractivity contribution in [2.24, 2.45) is 11.8 Å². The molecule has 2 aromatic heterocycles. The van der Waals surface area contributed by atoms with Crippen LogP contribution in [0.2, 0.25) is 0 Å². The van der Waals surface area contributed by atoms with E-state index in [1.54, 1.807) is 24.7 Å². The van der Waals surface area contributed by atoms with Crippen LogP contribution in [-0.4, -0.2) is 33.6 Å². The van der Waals surface area contributed by atoms with Gasteiger partial charge in [0.05, 0.1) is 23.0 Å². The summed E-state index contributed by atoms with van der Waals surface area (Å²) in [5.41, 5.74) is 2.15. The SMILES string of the molecule is C[C@@H]1C[C@H](NC(=O)OC(C)(C)C)C[C@H](c2ccncc2NC(=O)c2ccc(F)c3cc(C#CC4CC4)cnc23)C1. The van der Waals surface area contributed by atoms with Crippen LogP contribution in [0.25, 0.3) is 10.9 Å². The van der Waals surface area contributed by atoms with Crippen molar-refractivity contribution < 1.29 is 18.7 Å². The normalized spacial score (nSPS) is 20.8. The first kappa shape index (κ1) is 27.6. The van der Waals surface area contributed by atoms with Crippen molar-refractivity contribution in [1.82, 2.24) is 15.3 Å². The number of ether oxygens (including phenoxy) is 1. The summed E-state index contributed by atoms with van der Waals surface area (Å²) in [5.74, 6) is 6.26. The van der Waals surface area contributed by atoms with Crippen LogP contribution >= 0.6 is 0 Å². The highest BCUT2D eigenvalue weighted by molar-refractivity contribution is 6.12. The first-order chi connectivity index (χ1) is 19.1. The number of benzene rings is 1. The fraction of sp³-hybridized carbons (Fsp3) is 0.438. The van der Waals surface area contributed by atoms with Gasteiger partial charge in [-0.15, -0.1) is 0 Å². The van der Waals surface area contributed by atoms with Crippen LogP contribution in [0.15, 0.2) is 42.9 Å². The molecule has 0 saturated heterocycles. The molecule has 2 heterocycles. The molecule has 208 valence electrons. The number of fused-ring (bicyclic) bond motifs is 1. The smallest absolute Gasteiger partial charge is 0.407 e. The summed E-state index contributed by atoms with van der Waals surface area (Å²) < 4.78 is 20.2. The highest BCUT2D eigenvalue weighted by Gasteiger charge is 2.31. The molecular weight excluding hydrogens is 507 g/mol. The van der Waals surface area contributed by atoms with Gasteiger partial charge in [-0.25, -0.2) is 9.18 Å². The minimum Gasteiger partial charge on any atom is -0.444 e. The standard InChI is InChI=1S/C32H35FN4O3/c1-19-13-22(16-23(14-19)36-31(39)40-32(2,3)4)24-11-12-34-18-28(24)37-30(38)25-9-10-27(33)26-15-21(17-35-29(25)26)8-7-20-5-6-20/h9-12,15,17-20,22-23H,5-6,13-14,16H2,1-4H3,(H,36,39)(H,37,38)/t19-,22+,23-/m0/s1. The van der Waals surface area contributed by atoms with Gasteiger partial charge in [-0.2, -0.15) is 0 Å². The molecule has 40 heavy (non-hydrogen) atoms. The molecule has 1 aromatic carbocycles. The van der Waals surface area contributed by atoms with E-state index >= 15 is 0 Å². The van der Waals surface area contributed by atoms with Gasteiger partial charge in [-0.3, -0.25) is 14.8 Å². The van der Waals surface area contributed by atoms with Crippen molar-refractivity contribution >= 4 is 28.6 Å². The third-order valence-corrected chi connectivity index (χ3v) is 7.25. The minimum absolute atomic E-state index is 0.0530. The number of pyridine rings is 2. The Morgan fingerprint density at radius 2 is 1.90 bits per heavy atom. The Bertz CT molecular complexity index is 1500. The lowest BCUT2D eigenvalue weighted by molar-refractivity contribution is 0.0482. The van der Waals surface area contributed by atoms with Crippen LogP contribution < -0.4 is 10.6 Å². The molecule has 3 aromatic rings. The van der Waals surface area contributed by atoms with E-state index in [0.717, 1.165) is 31.2 Å². The molecule has 2 aliphatic rings. The molecular formula is C32H35FN4O3. The number of nitrogens with zero attached hydrogens (tertiary/aromatic N) is 2. The van der Waals surface area contributed by atoms with Gasteiger partial charge < -0.3 is 15.4 Å². The summed E-state index contributed by atoms with van der Waals surface area (Å²) in [6, 6.07) is 6.25. The molecule has 2 N–H and O–H groups in total. The highest BCUT2D eigenvalue weighted by Crippen LogP contribution is 2.39. The number of anilines is 1. The van der Waals surface area contributed by atoms with Crippen LogP contribution in [0.4, 0.5) is 14.9 Å². The number of alkyl carbamates (subject to hydrolysis) is 1. The van der Waals surface area contributed by atoms with Gasteiger partial charge in [-0.1, -0.05) is 18.8 Å². The number of carbonyl (C=O) groups excluding carboxylic acids is 2. The van der Waals surface area contributed by atoms with Crippen molar-refractivity contribution in [3.05, 3.63) is 65.4 Å². The topological polar surface area (TPSA) is 93.2 Å². The zero-order valence-electron chi connectivity index (χ0n) is 23.4. The summed E-state index contributed by atoms with van der Waals surface area (Å²) in [7, 11) is 0.